The summed E-state index contributed by atoms with van der Waals surface area (Å²) in [5, 5.41) is 0. The van der Waals surface area contributed by atoms with Gasteiger partial charge in [-0.2, -0.15) is 0 Å². The standard InChI is InChI=1S/C15H25NO3/c1-10(8-14(17)19-3)15(18)16-11(2)9-12-6-4-5-7-13(12)16/h10-13H,4-9H2,1-3H3/t10-,11+,12+,13-/m0/s1. The SMILES string of the molecule is COC(=O)C[C@H](C)C(=O)N1[C@H](C)C[C@H]2CCCC[C@@H]21. The molecule has 0 radical (unpaired) electrons. The first-order valence-electron chi connectivity index (χ1n) is 7.43. The molecule has 1 saturated carbocycles. The highest BCUT2D eigenvalue weighted by molar-refractivity contribution is 5.84. The predicted octanol–water partition coefficient (Wildman–Crippen LogP) is 2.37. The van der Waals surface area contributed by atoms with Crippen LogP contribution in [-0.2, 0) is 14.3 Å². The van der Waals surface area contributed by atoms with Gasteiger partial charge in [0.25, 0.3) is 0 Å². The van der Waals surface area contributed by atoms with Crippen LogP contribution in [0.25, 0.3) is 0 Å². The number of hydrogen-bond acceptors (Lipinski definition) is 3. The van der Waals surface area contributed by atoms with E-state index in [9.17, 15) is 9.59 Å². The fraction of sp³-hybridized carbons (Fsp3) is 0.867. The number of ether oxygens (including phenoxy) is 1. The lowest BCUT2D eigenvalue weighted by Gasteiger charge is -2.34. The number of nitrogens with zero attached hydrogens (tertiary/aromatic N) is 1. The average Bonchev–Trinajstić information content (AvgIpc) is 2.73. The number of fused-ring (bicyclic) bond motifs is 1. The fourth-order valence-corrected chi connectivity index (χ4v) is 3.76. The third-order valence-corrected chi connectivity index (χ3v) is 4.72. The van der Waals surface area contributed by atoms with Crippen molar-refractivity contribution in [2.24, 2.45) is 11.8 Å². The number of rotatable bonds is 3. The van der Waals surface area contributed by atoms with Crippen molar-refractivity contribution in [3.05, 3.63) is 0 Å². The van der Waals surface area contributed by atoms with Crippen LogP contribution in [0.2, 0.25) is 0 Å². The summed E-state index contributed by atoms with van der Waals surface area (Å²) in [5.74, 6) is 0.244. The van der Waals surface area contributed by atoms with Crippen molar-refractivity contribution in [3.8, 4) is 0 Å². The van der Waals surface area contributed by atoms with Crippen LogP contribution in [0.3, 0.4) is 0 Å². The lowest BCUT2D eigenvalue weighted by Crippen LogP contribution is -2.45. The van der Waals surface area contributed by atoms with Gasteiger partial charge in [-0.15, -0.1) is 0 Å². The van der Waals surface area contributed by atoms with Crippen molar-refractivity contribution in [2.75, 3.05) is 7.11 Å². The zero-order chi connectivity index (χ0) is 14.0. The smallest absolute Gasteiger partial charge is 0.306 e. The van der Waals surface area contributed by atoms with Gasteiger partial charge in [0.2, 0.25) is 5.91 Å². The summed E-state index contributed by atoms with van der Waals surface area (Å²) < 4.78 is 4.66. The molecule has 0 bridgehead atoms. The minimum Gasteiger partial charge on any atom is -0.469 e. The van der Waals surface area contributed by atoms with Crippen molar-refractivity contribution in [2.45, 2.75) is 64.5 Å². The second-order valence-corrected chi connectivity index (χ2v) is 6.12. The van der Waals surface area contributed by atoms with Gasteiger partial charge in [-0.1, -0.05) is 19.8 Å². The van der Waals surface area contributed by atoms with Gasteiger partial charge in [0.15, 0.2) is 0 Å². The van der Waals surface area contributed by atoms with Crippen LogP contribution in [-0.4, -0.2) is 36.0 Å². The molecule has 19 heavy (non-hydrogen) atoms. The Bertz CT molecular complexity index is 355. The molecule has 1 saturated heterocycles. The first-order chi connectivity index (χ1) is 9.04. The van der Waals surface area contributed by atoms with E-state index >= 15 is 0 Å². The minimum absolute atomic E-state index is 0.132. The Kier molecular flexibility index (Phi) is 4.48. The lowest BCUT2D eigenvalue weighted by molar-refractivity contribution is -0.147. The molecule has 0 aromatic heterocycles. The molecule has 1 amide bonds. The third kappa shape index (κ3) is 2.93. The first-order valence-corrected chi connectivity index (χ1v) is 7.43. The number of likely N-dealkylation sites (tertiary alicyclic amines) is 1. The molecule has 4 atom stereocenters. The van der Waals surface area contributed by atoms with E-state index in [1.165, 1.54) is 26.4 Å². The van der Waals surface area contributed by atoms with Crippen molar-refractivity contribution < 1.29 is 14.3 Å². The summed E-state index contributed by atoms with van der Waals surface area (Å²) in [4.78, 5) is 26.0. The van der Waals surface area contributed by atoms with Gasteiger partial charge >= 0.3 is 5.97 Å². The molecule has 2 rings (SSSR count). The highest BCUT2D eigenvalue weighted by Crippen LogP contribution is 2.40. The summed E-state index contributed by atoms with van der Waals surface area (Å²) in [6.45, 7) is 3.98. The van der Waals surface area contributed by atoms with Crippen LogP contribution in [0.15, 0.2) is 0 Å². The largest absolute Gasteiger partial charge is 0.469 e. The number of methoxy groups -OCH3 is 1. The Morgan fingerprint density at radius 1 is 1.32 bits per heavy atom. The summed E-state index contributed by atoms with van der Waals surface area (Å²) in [7, 11) is 1.37. The molecule has 1 aliphatic carbocycles. The number of amides is 1. The maximum absolute atomic E-state index is 12.6. The van der Waals surface area contributed by atoms with E-state index in [2.05, 4.69) is 16.6 Å². The average molecular weight is 267 g/mol. The van der Waals surface area contributed by atoms with Crippen molar-refractivity contribution >= 4 is 11.9 Å². The number of esters is 1. The van der Waals surface area contributed by atoms with Crippen molar-refractivity contribution in [3.63, 3.8) is 0 Å². The summed E-state index contributed by atoms with van der Waals surface area (Å²) in [5.41, 5.74) is 0. The number of carbonyl (C=O) groups is 2. The lowest BCUT2D eigenvalue weighted by atomic mass is 9.84. The van der Waals surface area contributed by atoms with E-state index < -0.39 is 0 Å². The highest BCUT2D eigenvalue weighted by Gasteiger charge is 2.43. The molecular weight excluding hydrogens is 242 g/mol. The maximum Gasteiger partial charge on any atom is 0.306 e. The molecule has 0 N–H and O–H groups in total. The van der Waals surface area contributed by atoms with Crippen LogP contribution in [0.5, 0.6) is 0 Å². The quantitative estimate of drug-likeness (QED) is 0.737. The molecule has 108 valence electrons. The highest BCUT2D eigenvalue weighted by atomic mass is 16.5. The van der Waals surface area contributed by atoms with Gasteiger partial charge in [-0.05, 0) is 32.1 Å². The van der Waals surface area contributed by atoms with Crippen LogP contribution in [0.4, 0.5) is 0 Å². The second-order valence-electron chi connectivity index (χ2n) is 6.12. The zero-order valence-corrected chi connectivity index (χ0v) is 12.2. The molecule has 0 unspecified atom stereocenters. The van der Waals surface area contributed by atoms with E-state index in [1.54, 1.807) is 0 Å². The molecule has 0 spiro atoms. The second kappa shape index (κ2) is 5.93. The Balaban J connectivity index is 2.02. The fourth-order valence-electron chi connectivity index (χ4n) is 3.76. The van der Waals surface area contributed by atoms with Crippen molar-refractivity contribution in [1.29, 1.82) is 0 Å². The van der Waals surface area contributed by atoms with Crippen LogP contribution in [0, 0.1) is 11.8 Å². The minimum atomic E-state index is -0.298. The molecule has 1 aliphatic heterocycles. The monoisotopic (exact) mass is 267 g/mol. The molecule has 4 nitrogen and oxygen atoms in total. The molecule has 2 fully saturated rings. The van der Waals surface area contributed by atoms with Crippen LogP contribution >= 0.6 is 0 Å². The maximum atomic E-state index is 12.6. The molecule has 0 aromatic carbocycles. The van der Waals surface area contributed by atoms with E-state index in [0.29, 0.717) is 18.0 Å². The Morgan fingerprint density at radius 2 is 2.00 bits per heavy atom. The van der Waals surface area contributed by atoms with Gasteiger partial charge < -0.3 is 9.64 Å². The van der Waals surface area contributed by atoms with Gasteiger partial charge in [-0.25, -0.2) is 0 Å². The van der Waals surface area contributed by atoms with Crippen molar-refractivity contribution in [1.82, 2.24) is 4.90 Å². The number of carbonyl (C=O) groups excluding carboxylic acids is 2. The van der Waals surface area contributed by atoms with Gasteiger partial charge in [0.1, 0.15) is 0 Å². The molecule has 4 heteroatoms. The zero-order valence-electron chi connectivity index (χ0n) is 12.2. The molecule has 1 heterocycles. The molecular formula is C15H25NO3. The van der Waals surface area contributed by atoms with Crippen LogP contribution < -0.4 is 0 Å². The molecule has 0 aromatic rings. The van der Waals surface area contributed by atoms with E-state index in [-0.39, 0.29) is 24.2 Å². The van der Waals surface area contributed by atoms with E-state index in [0.717, 1.165) is 12.8 Å². The summed E-state index contributed by atoms with van der Waals surface area (Å²) in [6.07, 6.45) is 6.23. The number of hydrogen-bond donors (Lipinski definition) is 0. The molecule has 2 aliphatic rings. The van der Waals surface area contributed by atoms with E-state index in [1.807, 2.05) is 6.92 Å². The summed E-state index contributed by atoms with van der Waals surface area (Å²) >= 11 is 0. The Hall–Kier alpha value is -1.06. The predicted molar refractivity (Wildman–Crippen MR) is 72.5 cm³/mol. The topological polar surface area (TPSA) is 46.6 Å². The van der Waals surface area contributed by atoms with Gasteiger partial charge in [0, 0.05) is 18.0 Å². The Labute approximate surface area is 115 Å². The first kappa shape index (κ1) is 14.4. The normalized spacial score (nSPS) is 31.7. The van der Waals surface area contributed by atoms with E-state index in [4.69, 9.17) is 0 Å². The van der Waals surface area contributed by atoms with Gasteiger partial charge in [0.05, 0.1) is 13.5 Å². The Morgan fingerprint density at radius 3 is 2.68 bits per heavy atom. The van der Waals surface area contributed by atoms with Crippen LogP contribution in [0.1, 0.15) is 52.4 Å². The third-order valence-electron chi connectivity index (χ3n) is 4.72. The summed E-state index contributed by atoms with van der Waals surface area (Å²) in [6, 6.07) is 0.733. The van der Waals surface area contributed by atoms with Gasteiger partial charge in [-0.3, -0.25) is 9.59 Å².